The van der Waals surface area contributed by atoms with Crippen LogP contribution in [0.25, 0.3) is 0 Å². The molecule has 1 heterocycles. The molecule has 1 fully saturated rings. The van der Waals surface area contributed by atoms with Crippen LogP contribution in [0.4, 0.5) is 0 Å². The molecule has 0 bridgehead atoms. The van der Waals surface area contributed by atoms with Gasteiger partial charge in [-0.2, -0.15) is 0 Å². The van der Waals surface area contributed by atoms with E-state index >= 15 is 0 Å². The number of carbonyl (C=O) groups excluding carboxylic acids is 1. The molecule has 22 heavy (non-hydrogen) atoms. The van der Waals surface area contributed by atoms with Gasteiger partial charge in [-0.05, 0) is 36.8 Å². The summed E-state index contributed by atoms with van der Waals surface area (Å²) in [6, 6.07) is 6.98. The Balaban J connectivity index is 2.01. The van der Waals surface area contributed by atoms with E-state index in [9.17, 15) is 9.59 Å². The Hall–Kier alpha value is -2.04. The van der Waals surface area contributed by atoms with E-state index in [0.717, 1.165) is 18.4 Å². The van der Waals surface area contributed by atoms with Crippen LogP contribution in [0.3, 0.4) is 0 Å². The van der Waals surface area contributed by atoms with Gasteiger partial charge in [-0.15, -0.1) is 0 Å². The zero-order valence-corrected chi connectivity index (χ0v) is 13.1. The van der Waals surface area contributed by atoms with Gasteiger partial charge < -0.3 is 14.7 Å². The molecule has 1 saturated heterocycles. The quantitative estimate of drug-likeness (QED) is 0.877. The van der Waals surface area contributed by atoms with Crippen LogP contribution in [0.5, 0.6) is 5.75 Å². The minimum atomic E-state index is -0.939. The van der Waals surface area contributed by atoms with E-state index in [1.54, 1.807) is 0 Å². The smallest absolute Gasteiger partial charge is 0.326 e. The summed E-state index contributed by atoms with van der Waals surface area (Å²) < 4.78 is 5.68. The van der Waals surface area contributed by atoms with Crippen molar-refractivity contribution < 1.29 is 19.4 Å². The fraction of sp³-hybridized carbons (Fsp3) is 0.529. The van der Waals surface area contributed by atoms with Crippen molar-refractivity contribution in [1.29, 1.82) is 0 Å². The maximum absolute atomic E-state index is 12.2. The number of nitrogens with zero attached hydrogens (tertiary/aromatic N) is 1. The van der Waals surface area contributed by atoms with Crippen LogP contribution in [0.15, 0.2) is 24.3 Å². The first-order valence-electron chi connectivity index (χ1n) is 7.78. The Morgan fingerprint density at radius 1 is 1.41 bits per heavy atom. The Morgan fingerprint density at radius 3 is 2.82 bits per heavy atom. The monoisotopic (exact) mass is 305 g/mol. The molecule has 2 rings (SSSR count). The number of para-hydroxylation sites is 1. The molecule has 1 N–H and O–H groups in total. The molecule has 0 spiro atoms. The highest BCUT2D eigenvalue weighted by atomic mass is 16.5. The van der Waals surface area contributed by atoms with Crippen molar-refractivity contribution in [2.45, 2.75) is 45.1 Å². The first kappa shape index (κ1) is 16.3. The molecule has 1 unspecified atom stereocenters. The van der Waals surface area contributed by atoms with E-state index in [0.29, 0.717) is 24.6 Å². The third-order valence-corrected chi connectivity index (χ3v) is 4.27. The molecular weight excluding hydrogens is 282 g/mol. The molecule has 1 aromatic rings. The fourth-order valence-corrected chi connectivity index (χ4v) is 2.78. The normalized spacial score (nSPS) is 19.0. The summed E-state index contributed by atoms with van der Waals surface area (Å²) in [7, 11) is 0. The van der Waals surface area contributed by atoms with E-state index in [1.807, 2.05) is 24.3 Å². The lowest BCUT2D eigenvalue weighted by Gasteiger charge is -2.22. The number of hydrogen-bond donors (Lipinski definition) is 1. The second-order valence-electron chi connectivity index (χ2n) is 5.72. The molecule has 1 aliphatic rings. The largest absolute Gasteiger partial charge is 0.483 e. The van der Waals surface area contributed by atoms with Crippen LogP contribution < -0.4 is 4.74 Å². The molecule has 2 atom stereocenters. The maximum Gasteiger partial charge on any atom is 0.326 e. The molecular formula is C17H23NO4. The van der Waals surface area contributed by atoms with Crippen molar-refractivity contribution in [3.63, 3.8) is 0 Å². The van der Waals surface area contributed by atoms with Gasteiger partial charge in [0.05, 0.1) is 0 Å². The highest BCUT2D eigenvalue weighted by Crippen LogP contribution is 2.28. The summed E-state index contributed by atoms with van der Waals surface area (Å²) in [4.78, 5) is 24.8. The van der Waals surface area contributed by atoms with Gasteiger partial charge >= 0.3 is 5.97 Å². The van der Waals surface area contributed by atoms with Crippen LogP contribution in [-0.2, 0) is 9.59 Å². The Morgan fingerprint density at radius 2 is 2.14 bits per heavy atom. The van der Waals surface area contributed by atoms with Gasteiger partial charge in [-0.1, -0.05) is 32.0 Å². The van der Waals surface area contributed by atoms with Crippen LogP contribution in [0.2, 0.25) is 0 Å². The van der Waals surface area contributed by atoms with Crippen LogP contribution in [-0.4, -0.2) is 41.1 Å². The summed E-state index contributed by atoms with van der Waals surface area (Å²) >= 11 is 0. The van der Waals surface area contributed by atoms with Gasteiger partial charge in [0.1, 0.15) is 11.8 Å². The number of carboxylic acids is 1. The minimum absolute atomic E-state index is 0.114. The Labute approximate surface area is 130 Å². The highest BCUT2D eigenvalue weighted by molar-refractivity contribution is 5.85. The molecule has 1 amide bonds. The van der Waals surface area contributed by atoms with E-state index < -0.39 is 12.0 Å². The number of benzene rings is 1. The number of hydrogen-bond acceptors (Lipinski definition) is 3. The van der Waals surface area contributed by atoms with Crippen LogP contribution in [0, 0.1) is 0 Å². The van der Waals surface area contributed by atoms with Crippen molar-refractivity contribution in [2.75, 3.05) is 13.2 Å². The number of amides is 1. The minimum Gasteiger partial charge on any atom is -0.483 e. The summed E-state index contributed by atoms with van der Waals surface area (Å²) in [5, 5.41) is 9.13. The average Bonchev–Trinajstić information content (AvgIpc) is 3.02. The van der Waals surface area contributed by atoms with Crippen LogP contribution >= 0.6 is 0 Å². The number of likely N-dealkylation sites (tertiary alicyclic amines) is 1. The van der Waals surface area contributed by atoms with Crippen molar-refractivity contribution in [1.82, 2.24) is 4.90 Å². The van der Waals surface area contributed by atoms with Crippen molar-refractivity contribution >= 4 is 11.9 Å². The van der Waals surface area contributed by atoms with Crippen LogP contribution in [0.1, 0.15) is 44.6 Å². The lowest BCUT2D eigenvalue weighted by molar-refractivity contribution is -0.148. The van der Waals surface area contributed by atoms with Gasteiger partial charge in [0.15, 0.2) is 6.61 Å². The highest BCUT2D eigenvalue weighted by Gasteiger charge is 2.34. The van der Waals surface area contributed by atoms with Gasteiger partial charge in [-0.25, -0.2) is 4.79 Å². The summed E-state index contributed by atoms with van der Waals surface area (Å²) in [5.74, 6) is -0.143. The third-order valence-electron chi connectivity index (χ3n) is 4.27. The van der Waals surface area contributed by atoms with Gasteiger partial charge in [0.2, 0.25) is 0 Å². The number of ether oxygens (including phenoxy) is 1. The molecule has 1 aliphatic heterocycles. The van der Waals surface area contributed by atoms with Gasteiger partial charge in [-0.3, -0.25) is 4.79 Å². The molecule has 120 valence electrons. The molecule has 0 radical (unpaired) electrons. The zero-order valence-electron chi connectivity index (χ0n) is 13.1. The first-order chi connectivity index (χ1) is 10.5. The molecule has 0 saturated carbocycles. The number of rotatable bonds is 6. The predicted molar refractivity (Wildman–Crippen MR) is 83.0 cm³/mol. The van der Waals surface area contributed by atoms with E-state index in [1.165, 1.54) is 4.90 Å². The first-order valence-corrected chi connectivity index (χ1v) is 7.78. The van der Waals surface area contributed by atoms with Gasteiger partial charge in [0.25, 0.3) is 5.91 Å². The third kappa shape index (κ3) is 3.59. The zero-order chi connectivity index (χ0) is 16.1. The fourth-order valence-electron chi connectivity index (χ4n) is 2.78. The standard InChI is InChI=1S/C17H23NO4/c1-3-12(2)13-7-4-5-9-15(13)22-11-16(19)18-10-6-8-14(18)17(20)21/h4-5,7,9,12,14H,3,6,8,10-11H2,1-2H3,(H,20,21)/t12?,14-/m1/s1. The molecule has 0 aliphatic carbocycles. The van der Waals surface area contributed by atoms with Crippen molar-refractivity contribution in [2.24, 2.45) is 0 Å². The van der Waals surface area contributed by atoms with Crippen molar-refractivity contribution in [3.8, 4) is 5.75 Å². The molecule has 5 nitrogen and oxygen atoms in total. The molecule has 5 heteroatoms. The Kier molecular flexibility index (Phi) is 5.41. The molecule has 0 aromatic heterocycles. The Bertz CT molecular complexity index is 543. The second-order valence-corrected chi connectivity index (χ2v) is 5.72. The summed E-state index contributed by atoms with van der Waals surface area (Å²) in [5.41, 5.74) is 1.08. The SMILES string of the molecule is CCC(C)c1ccccc1OCC(=O)N1CCC[C@@H]1C(=O)O. The van der Waals surface area contributed by atoms with E-state index in [2.05, 4.69) is 13.8 Å². The van der Waals surface area contributed by atoms with E-state index in [4.69, 9.17) is 9.84 Å². The van der Waals surface area contributed by atoms with Gasteiger partial charge in [0, 0.05) is 6.54 Å². The summed E-state index contributed by atoms with van der Waals surface area (Å²) in [6.07, 6.45) is 2.23. The average molecular weight is 305 g/mol. The number of carboxylic acid groups (broad SMARTS) is 1. The maximum atomic E-state index is 12.2. The number of aliphatic carboxylic acids is 1. The van der Waals surface area contributed by atoms with Crippen molar-refractivity contribution in [3.05, 3.63) is 29.8 Å². The summed E-state index contributed by atoms with van der Waals surface area (Å²) in [6.45, 7) is 4.60. The molecule has 1 aromatic carbocycles. The van der Waals surface area contributed by atoms with E-state index in [-0.39, 0.29) is 12.5 Å². The second kappa shape index (κ2) is 7.29. The lowest BCUT2D eigenvalue weighted by atomic mass is 9.98. The topological polar surface area (TPSA) is 66.8 Å². The lowest BCUT2D eigenvalue weighted by Crippen LogP contribution is -2.42. The predicted octanol–water partition coefficient (Wildman–Crippen LogP) is 2.65. The number of carbonyl (C=O) groups is 2.